The van der Waals surface area contributed by atoms with Gasteiger partial charge in [0.1, 0.15) is 11.5 Å². The SMILES string of the molecule is COc1ccc(OC)c(C(=O)NCCCN(C)c2ccccc2)c1. The molecule has 1 N–H and O–H groups in total. The number of carbonyl (C=O) groups is 1. The van der Waals surface area contributed by atoms with E-state index in [0.29, 0.717) is 23.6 Å². The van der Waals surface area contributed by atoms with Gasteiger partial charge in [-0.3, -0.25) is 4.79 Å². The molecule has 0 aliphatic rings. The molecule has 1 amide bonds. The topological polar surface area (TPSA) is 50.8 Å². The highest BCUT2D eigenvalue weighted by atomic mass is 16.5. The van der Waals surface area contributed by atoms with Gasteiger partial charge in [-0.25, -0.2) is 0 Å². The van der Waals surface area contributed by atoms with Crippen molar-refractivity contribution in [2.24, 2.45) is 0 Å². The third-order valence-corrected chi connectivity index (χ3v) is 3.80. The quantitative estimate of drug-likeness (QED) is 0.757. The average molecular weight is 328 g/mol. The van der Waals surface area contributed by atoms with E-state index in [1.54, 1.807) is 32.4 Å². The van der Waals surface area contributed by atoms with Crippen LogP contribution in [0, 0.1) is 0 Å². The zero-order valence-electron chi connectivity index (χ0n) is 14.4. The van der Waals surface area contributed by atoms with Crippen LogP contribution in [-0.2, 0) is 0 Å². The molecule has 0 aromatic heterocycles. The second-order valence-electron chi connectivity index (χ2n) is 5.43. The van der Waals surface area contributed by atoms with Crippen LogP contribution in [0.25, 0.3) is 0 Å². The summed E-state index contributed by atoms with van der Waals surface area (Å²) in [5, 5.41) is 2.93. The van der Waals surface area contributed by atoms with E-state index in [4.69, 9.17) is 9.47 Å². The molecule has 0 saturated carbocycles. The normalized spacial score (nSPS) is 10.1. The smallest absolute Gasteiger partial charge is 0.255 e. The Bertz CT molecular complexity index is 659. The first-order valence-corrected chi connectivity index (χ1v) is 7.92. The number of methoxy groups -OCH3 is 2. The Labute approximate surface area is 143 Å². The van der Waals surface area contributed by atoms with Gasteiger partial charge in [-0.2, -0.15) is 0 Å². The van der Waals surface area contributed by atoms with Gasteiger partial charge in [-0.1, -0.05) is 18.2 Å². The van der Waals surface area contributed by atoms with Crippen LogP contribution in [0.3, 0.4) is 0 Å². The number of nitrogens with zero attached hydrogens (tertiary/aromatic N) is 1. The number of ether oxygens (including phenoxy) is 2. The van der Waals surface area contributed by atoms with Gasteiger partial charge in [-0.15, -0.1) is 0 Å². The molecular weight excluding hydrogens is 304 g/mol. The number of para-hydroxylation sites is 1. The molecule has 0 bridgehead atoms. The summed E-state index contributed by atoms with van der Waals surface area (Å²) in [5.41, 5.74) is 1.64. The van der Waals surface area contributed by atoms with Crippen molar-refractivity contribution in [2.75, 3.05) is 39.3 Å². The Balaban J connectivity index is 1.85. The third kappa shape index (κ3) is 4.65. The molecule has 5 heteroatoms. The molecule has 2 aromatic carbocycles. The molecule has 2 aromatic rings. The maximum atomic E-state index is 12.3. The highest BCUT2D eigenvalue weighted by molar-refractivity contribution is 5.97. The number of rotatable bonds is 8. The van der Waals surface area contributed by atoms with Gasteiger partial charge in [0, 0.05) is 25.8 Å². The summed E-state index contributed by atoms with van der Waals surface area (Å²) < 4.78 is 10.4. The number of benzene rings is 2. The third-order valence-electron chi connectivity index (χ3n) is 3.80. The van der Waals surface area contributed by atoms with Crippen LogP contribution >= 0.6 is 0 Å². The lowest BCUT2D eigenvalue weighted by Crippen LogP contribution is -2.28. The highest BCUT2D eigenvalue weighted by Crippen LogP contribution is 2.23. The first kappa shape index (κ1) is 17.7. The predicted octanol–water partition coefficient (Wildman–Crippen LogP) is 2.96. The monoisotopic (exact) mass is 328 g/mol. The van der Waals surface area contributed by atoms with Gasteiger partial charge in [-0.05, 0) is 36.8 Å². The van der Waals surface area contributed by atoms with Gasteiger partial charge in [0.2, 0.25) is 0 Å². The van der Waals surface area contributed by atoms with Crippen molar-refractivity contribution in [3.05, 3.63) is 54.1 Å². The fourth-order valence-electron chi connectivity index (χ4n) is 2.42. The molecule has 0 fully saturated rings. The summed E-state index contributed by atoms with van der Waals surface area (Å²) in [6.45, 7) is 1.45. The maximum Gasteiger partial charge on any atom is 0.255 e. The van der Waals surface area contributed by atoms with Crippen LogP contribution in [0.1, 0.15) is 16.8 Å². The van der Waals surface area contributed by atoms with Crippen molar-refractivity contribution < 1.29 is 14.3 Å². The lowest BCUT2D eigenvalue weighted by molar-refractivity contribution is 0.0950. The Hall–Kier alpha value is -2.69. The summed E-state index contributed by atoms with van der Waals surface area (Å²) in [6, 6.07) is 15.4. The average Bonchev–Trinajstić information content (AvgIpc) is 2.64. The van der Waals surface area contributed by atoms with E-state index in [1.165, 1.54) is 5.69 Å². The highest BCUT2D eigenvalue weighted by Gasteiger charge is 2.13. The molecule has 0 saturated heterocycles. The number of hydrogen-bond donors (Lipinski definition) is 1. The number of nitrogens with one attached hydrogen (secondary N) is 1. The molecular formula is C19H24N2O3. The second kappa shape index (κ2) is 8.82. The predicted molar refractivity (Wildman–Crippen MR) is 96.2 cm³/mol. The minimum Gasteiger partial charge on any atom is -0.497 e. The lowest BCUT2D eigenvalue weighted by atomic mass is 10.1. The Morgan fingerprint density at radius 2 is 1.83 bits per heavy atom. The van der Waals surface area contributed by atoms with Gasteiger partial charge in [0.15, 0.2) is 0 Å². The molecule has 128 valence electrons. The van der Waals surface area contributed by atoms with Gasteiger partial charge in [0.25, 0.3) is 5.91 Å². The Kier molecular flexibility index (Phi) is 6.49. The fraction of sp³-hybridized carbons (Fsp3) is 0.316. The summed E-state index contributed by atoms with van der Waals surface area (Å²) >= 11 is 0. The molecule has 24 heavy (non-hydrogen) atoms. The summed E-state index contributed by atoms with van der Waals surface area (Å²) in [4.78, 5) is 14.5. The first-order chi connectivity index (χ1) is 11.7. The van der Waals surface area contributed by atoms with Crippen molar-refractivity contribution in [3.63, 3.8) is 0 Å². The Morgan fingerprint density at radius 3 is 2.50 bits per heavy atom. The van der Waals surface area contributed by atoms with E-state index in [-0.39, 0.29) is 5.91 Å². The minimum absolute atomic E-state index is 0.159. The number of amides is 1. The van der Waals surface area contributed by atoms with E-state index < -0.39 is 0 Å². The van der Waals surface area contributed by atoms with Crippen molar-refractivity contribution in [2.45, 2.75) is 6.42 Å². The first-order valence-electron chi connectivity index (χ1n) is 7.92. The van der Waals surface area contributed by atoms with Crippen molar-refractivity contribution in [1.29, 1.82) is 0 Å². The lowest BCUT2D eigenvalue weighted by Gasteiger charge is -2.19. The van der Waals surface area contributed by atoms with Crippen LogP contribution in [0.5, 0.6) is 11.5 Å². The summed E-state index contributed by atoms with van der Waals surface area (Å²) in [7, 11) is 5.17. The van der Waals surface area contributed by atoms with Crippen LogP contribution in [0.15, 0.2) is 48.5 Å². The van der Waals surface area contributed by atoms with E-state index in [9.17, 15) is 4.79 Å². The minimum atomic E-state index is -0.159. The maximum absolute atomic E-state index is 12.3. The standard InChI is InChI=1S/C19H24N2O3/c1-21(15-8-5-4-6-9-15)13-7-12-20-19(22)17-14-16(23-2)10-11-18(17)24-3/h4-6,8-11,14H,7,12-13H2,1-3H3,(H,20,22). The largest absolute Gasteiger partial charge is 0.497 e. The molecule has 0 heterocycles. The molecule has 0 aliphatic heterocycles. The molecule has 0 radical (unpaired) electrons. The van der Waals surface area contributed by atoms with Crippen LogP contribution in [-0.4, -0.2) is 40.3 Å². The van der Waals surface area contributed by atoms with E-state index in [0.717, 1.165) is 13.0 Å². The van der Waals surface area contributed by atoms with Crippen molar-refractivity contribution in [3.8, 4) is 11.5 Å². The second-order valence-corrected chi connectivity index (χ2v) is 5.43. The van der Waals surface area contributed by atoms with Gasteiger partial charge < -0.3 is 19.7 Å². The van der Waals surface area contributed by atoms with Crippen LogP contribution in [0.2, 0.25) is 0 Å². The van der Waals surface area contributed by atoms with Gasteiger partial charge in [0.05, 0.1) is 19.8 Å². The van der Waals surface area contributed by atoms with Crippen molar-refractivity contribution in [1.82, 2.24) is 5.32 Å². The molecule has 0 unspecified atom stereocenters. The molecule has 0 atom stereocenters. The van der Waals surface area contributed by atoms with Crippen LogP contribution in [0.4, 0.5) is 5.69 Å². The number of anilines is 1. The molecule has 5 nitrogen and oxygen atoms in total. The molecule has 2 rings (SSSR count). The number of carbonyl (C=O) groups excluding carboxylic acids is 1. The summed E-state index contributed by atoms with van der Waals surface area (Å²) in [5.74, 6) is 1.01. The van der Waals surface area contributed by atoms with Crippen molar-refractivity contribution >= 4 is 11.6 Å². The zero-order valence-corrected chi connectivity index (χ0v) is 14.4. The fourth-order valence-corrected chi connectivity index (χ4v) is 2.42. The summed E-state index contributed by atoms with van der Waals surface area (Å²) in [6.07, 6.45) is 0.851. The molecule has 0 spiro atoms. The van der Waals surface area contributed by atoms with Crippen LogP contribution < -0.4 is 19.7 Å². The van der Waals surface area contributed by atoms with E-state index in [1.807, 2.05) is 25.2 Å². The van der Waals surface area contributed by atoms with Gasteiger partial charge >= 0.3 is 0 Å². The Morgan fingerprint density at radius 1 is 1.08 bits per heavy atom. The number of hydrogen-bond acceptors (Lipinski definition) is 4. The zero-order chi connectivity index (χ0) is 17.4. The molecule has 0 aliphatic carbocycles. The van der Waals surface area contributed by atoms with E-state index in [2.05, 4.69) is 22.3 Å². The van der Waals surface area contributed by atoms with E-state index >= 15 is 0 Å².